The smallest absolute Gasteiger partial charge is 0.145 e. The molecule has 2 rings (SSSR count). The number of halogens is 3. The van der Waals surface area contributed by atoms with Crippen LogP contribution in [0.15, 0.2) is 28.1 Å². The summed E-state index contributed by atoms with van der Waals surface area (Å²) in [7, 11) is 0. The Hall–Kier alpha value is -0.420. The third-order valence-corrected chi connectivity index (χ3v) is 5.18. The largest absolute Gasteiger partial charge is 0.387 e. The molecule has 0 saturated carbocycles. The summed E-state index contributed by atoms with van der Waals surface area (Å²) in [5, 5.41) is 10.2. The van der Waals surface area contributed by atoms with E-state index in [9.17, 15) is 9.50 Å². The van der Waals surface area contributed by atoms with Crippen molar-refractivity contribution in [1.82, 2.24) is 0 Å². The highest BCUT2D eigenvalue weighted by atomic mass is 79.9. The molecule has 0 spiro atoms. The first-order valence-electron chi connectivity index (χ1n) is 5.36. The Morgan fingerprint density at radius 3 is 2.83 bits per heavy atom. The molecule has 96 valence electrons. The lowest BCUT2D eigenvalue weighted by molar-refractivity contribution is 0.181. The summed E-state index contributed by atoms with van der Waals surface area (Å²) in [6.45, 7) is 1.96. The first-order valence-corrected chi connectivity index (χ1v) is 7.34. The molecule has 1 N–H and O–H groups in total. The van der Waals surface area contributed by atoms with E-state index in [4.69, 9.17) is 11.6 Å². The fraction of sp³-hybridized carbons (Fsp3) is 0.231. The number of thiophene rings is 1. The van der Waals surface area contributed by atoms with Gasteiger partial charge in [-0.1, -0.05) is 23.7 Å². The van der Waals surface area contributed by atoms with Crippen LogP contribution in [0.3, 0.4) is 0 Å². The maximum Gasteiger partial charge on any atom is 0.145 e. The van der Waals surface area contributed by atoms with Gasteiger partial charge in [0.1, 0.15) is 5.82 Å². The Morgan fingerprint density at radius 1 is 1.50 bits per heavy atom. The Morgan fingerprint density at radius 2 is 2.22 bits per heavy atom. The molecule has 1 aromatic carbocycles. The Balaban J connectivity index is 2.21. The molecule has 0 radical (unpaired) electrons. The van der Waals surface area contributed by atoms with Gasteiger partial charge in [-0.05, 0) is 46.1 Å². The Kier molecular flexibility index (Phi) is 4.43. The zero-order chi connectivity index (χ0) is 13.3. The van der Waals surface area contributed by atoms with Gasteiger partial charge in [-0.2, -0.15) is 0 Å². The molecule has 1 atom stereocenters. The van der Waals surface area contributed by atoms with Crippen LogP contribution in [-0.2, 0) is 6.42 Å². The summed E-state index contributed by atoms with van der Waals surface area (Å²) in [5.74, 6) is -0.453. The maximum absolute atomic E-state index is 13.7. The van der Waals surface area contributed by atoms with Crippen molar-refractivity contribution in [1.29, 1.82) is 0 Å². The van der Waals surface area contributed by atoms with Crippen molar-refractivity contribution < 1.29 is 9.50 Å². The number of aryl methyl sites for hydroxylation is 1. The van der Waals surface area contributed by atoms with E-state index in [1.54, 1.807) is 12.1 Å². The molecule has 1 heterocycles. The van der Waals surface area contributed by atoms with E-state index in [0.717, 1.165) is 14.2 Å². The second-order valence-electron chi connectivity index (χ2n) is 4.04. The van der Waals surface area contributed by atoms with Gasteiger partial charge in [0.05, 0.1) is 14.9 Å². The van der Waals surface area contributed by atoms with Crippen LogP contribution in [0.25, 0.3) is 0 Å². The zero-order valence-electron chi connectivity index (χ0n) is 9.58. The van der Waals surface area contributed by atoms with Gasteiger partial charge in [0.25, 0.3) is 0 Å². The standard InChI is InChI=1S/C13H11BrClFOS/c1-7-5-11(18-13(7)14)10(17)6-8-3-2-4-9(15)12(8)16/h2-5,10,17H,6H2,1H3. The van der Waals surface area contributed by atoms with Crippen molar-refractivity contribution in [2.24, 2.45) is 0 Å². The van der Waals surface area contributed by atoms with E-state index in [1.807, 2.05) is 13.0 Å². The number of hydrogen-bond acceptors (Lipinski definition) is 2. The van der Waals surface area contributed by atoms with Crippen LogP contribution in [0.1, 0.15) is 22.1 Å². The Labute approximate surface area is 122 Å². The monoisotopic (exact) mass is 348 g/mol. The predicted molar refractivity (Wildman–Crippen MR) is 76.8 cm³/mol. The van der Waals surface area contributed by atoms with Crippen molar-refractivity contribution in [3.8, 4) is 0 Å². The number of aliphatic hydroxyl groups is 1. The van der Waals surface area contributed by atoms with Crippen LogP contribution >= 0.6 is 38.9 Å². The zero-order valence-corrected chi connectivity index (χ0v) is 12.7. The summed E-state index contributed by atoms with van der Waals surface area (Å²) >= 11 is 10.6. The van der Waals surface area contributed by atoms with Crippen LogP contribution in [0.5, 0.6) is 0 Å². The third-order valence-electron chi connectivity index (χ3n) is 2.65. The summed E-state index contributed by atoms with van der Waals surface area (Å²) in [6.07, 6.45) is -0.494. The van der Waals surface area contributed by atoms with Gasteiger partial charge in [0, 0.05) is 11.3 Å². The average Bonchev–Trinajstić information content (AvgIpc) is 2.66. The van der Waals surface area contributed by atoms with Crippen molar-refractivity contribution in [3.63, 3.8) is 0 Å². The first-order chi connectivity index (χ1) is 8.49. The number of aliphatic hydroxyl groups excluding tert-OH is 1. The number of benzene rings is 1. The van der Waals surface area contributed by atoms with Gasteiger partial charge in [0.2, 0.25) is 0 Å². The molecule has 0 saturated heterocycles. The molecule has 1 aromatic heterocycles. The van der Waals surface area contributed by atoms with Crippen molar-refractivity contribution in [2.45, 2.75) is 19.4 Å². The second kappa shape index (κ2) is 5.70. The van der Waals surface area contributed by atoms with Gasteiger partial charge >= 0.3 is 0 Å². The van der Waals surface area contributed by atoms with E-state index in [-0.39, 0.29) is 11.4 Å². The summed E-state index contributed by atoms with van der Waals surface area (Å²) in [6, 6.07) is 6.73. The van der Waals surface area contributed by atoms with E-state index in [2.05, 4.69) is 15.9 Å². The minimum Gasteiger partial charge on any atom is -0.387 e. The van der Waals surface area contributed by atoms with Gasteiger partial charge in [0.15, 0.2) is 0 Å². The fourth-order valence-corrected chi connectivity index (χ4v) is 3.41. The SMILES string of the molecule is Cc1cc(C(O)Cc2cccc(Cl)c2F)sc1Br. The summed E-state index contributed by atoms with van der Waals surface area (Å²) in [5.41, 5.74) is 1.50. The molecule has 0 amide bonds. The second-order valence-corrected chi connectivity index (χ2v) is 6.85. The van der Waals surface area contributed by atoms with Crippen LogP contribution < -0.4 is 0 Å². The Bertz CT molecular complexity index is 551. The molecule has 0 aliphatic heterocycles. The molecule has 0 aliphatic rings. The minimum atomic E-state index is -0.715. The lowest BCUT2D eigenvalue weighted by atomic mass is 10.1. The van der Waals surface area contributed by atoms with E-state index >= 15 is 0 Å². The van der Waals surface area contributed by atoms with Gasteiger partial charge < -0.3 is 5.11 Å². The van der Waals surface area contributed by atoms with Crippen LogP contribution in [0.4, 0.5) is 4.39 Å². The van der Waals surface area contributed by atoms with Crippen LogP contribution in [0.2, 0.25) is 5.02 Å². The maximum atomic E-state index is 13.7. The summed E-state index contributed by atoms with van der Waals surface area (Å²) < 4.78 is 14.7. The van der Waals surface area contributed by atoms with Gasteiger partial charge in [-0.3, -0.25) is 0 Å². The quantitative estimate of drug-likeness (QED) is 0.836. The molecule has 0 bridgehead atoms. The predicted octanol–water partition coefficient (Wildman–Crippen LogP) is 4.89. The highest BCUT2D eigenvalue weighted by molar-refractivity contribution is 9.11. The van der Waals surface area contributed by atoms with Gasteiger partial charge in [-0.15, -0.1) is 11.3 Å². The molecule has 0 fully saturated rings. The third kappa shape index (κ3) is 2.94. The highest BCUT2D eigenvalue weighted by Gasteiger charge is 2.16. The van der Waals surface area contributed by atoms with Crippen LogP contribution in [-0.4, -0.2) is 5.11 Å². The molecular weight excluding hydrogens is 339 g/mol. The van der Waals surface area contributed by atoms with E-state index in [1.165, 1.54) is 17.4 Å². The molecule has 2 aromatic rings. The summed E-state index contributed by atoms with van der Waals surface area (Å²) in [4.78, 5) is 0.818. The van der Waals surface area contributed by atoms with Crippen molar-refractivity contribution >= 4 is 38.9 Å². The number of hydrogen-bond donors (Lipinski definition) is 1. The molecule has 0 aliphatic carbocycles. The van der Waals surface area contributed by atoms with E-state index in [0.29, 0.717) is 5.56 Å². The molecular formula is C13H11BrClFOS. The van der Waals surface area contributed by atoms with Crippen LogP contribution in [0, 0.1) is 12.7 Å². The molecule has 5 heteroatoms. The minimum absolute atomic E-state index is 0.0863. The average molecular weight is 350 g/mol. The number of rotatable bonds is 3. The molecule has 1 nitrogen and oxygen atoms in total. The van der Waals surface area contributed by atoms with Crippen molar-refractivity contribution in [2.75, 3.05) is 0 Å². The topological polar surface area (TPSA) is 20.2 Å². The fourth-order valence-electron chi connectivity index (χ4n) is 1.66. The first kappa shape index (κ1) is 14.0. The molecule has 1 unspecified atom stereocenters. The molecule has 18 heavy (non-hydrogen) atoms. The normalized spacial score (nSPS) is 12.7. The van der Waals surface area contributed by atoms with Gasteiger partial charge in [-0.25, -0.2) is 4.39 Å². The lowest BCUT2D eigenvalue weighted by Gasteiger charge is -2.09. The van der Waals surface area contributed by atoms with E-state index < -0.39 is 11.9 Å². The van der Waals surface area contributed by atoms with Crippen molar-refractivity contribution in [3.05, 3.63) is 54.9 Å². The lowest BCUT2D eigenvalue weighted by Crippen LogP contribution is -2.02. The highest BCUT2D eigenvalue weighted by Crippen LogP contribution is 2.33.